The second-order valence-electron chi connectivity index (χ2n) is 7.49. The maximum Gasteiger partial charge on any atom is 0.273 e. The maximum atomic E-state index is 14.2. The summed E-state index contributed by atoms with van der Waals surface area (Å²) in [6.45, 7) is 5.77. The first-order valence-corrected chi connectivity index (χ1v) is 9.73. The molecule has 0 fully saturated rings. The molecule has 0 aliphatic rings. The molecule has 0 saturated carbocycles. The highest BCUT2D eigenvalue weighted by Gasteiger charge is 2.28. The van der Waals surface area contributed by atoms with Crippen LogP contribution in [-0.2, 0) is 22.6 Å². The van der Waals surface area contributed by atoms with Crippen molar-refractivity contribution in [3.63, 3.8) is 0 Å². The molecular weight excluding hydrogens is 389 g/mol. The Kier molecular flexibility index (Phi) is 8.03. The van der Waals surface area contributed by atoms with E-state index in [2.05, 4.69) is 5.32 Å². The summed E-state index contributed by atoms with van der Waals surface area (Å²) in [5.41, 5.74) is 0.325. The Balaban J connectivity index is 2.30. The van der Waals surface area contributed by atoms with E-state index in [1.807, 2.05) is 13.8 Å². The van der Waals surface area contributed by atoms with Crippen molar-refractivity contribution in [3.05, 3.63) is 75.6 Å². The lowest BCUT2D eigenvalue weighted by Gasteiger charge is -2.29. The average Bonchev–Trinajstić information content (AvgIpc) is 2.71. The number of nitrogens with zero attached hydrogens (tertiary/aromatic N) is 2. The topological polar surface area (TPSA) is 92.6 Å². The molecule has 0 unspecified atom stereocenters. The highest BCUT2D eigenvalue weighted by atomic mass is 19.1. The Hall–Kier alpha value is -3.29. The van der Waals surface area contributed by atoms with E-state index in [0.717, 1.165) is 0 Å². The third-order valence-electron chi connectivity index (χ3n) is 4.68. The molecule has 160 valence electrons. The predicted molar refractivity (Wildman–Crippen MR) is 111 cm³/mol. The quantitative estimate of drug-likeness (QED) is 0.501. The van der Waals surface area contributed by atoms with Crippen LogP contribution in [0.1, 0.15) is 31.9 Å². The smallest absolute Gasteiger partial charge is 0.273 e. The van der Waals surface area contributed by atoms with Crippen molar-refractivity contribution in [2.75, 3.05) is 6.54 Å². The summed E-state index contributed by atoms with van der Waals surface area (Å²) >= 11 is 0. The lowest BCUT2D eigenvalue weighted by atomic mass is 10.1. The van der Waals surface area contributed by atoms with E-state index in [0.29, 0.717) is 6.54 Å². The van der Waals surface area contributed by atoms with Gasteiger partial charge in [0.15, 0.2) is 0 Å². The first-order chi connectivity index (χ1) is 14.2. The van der Waals surface area contributed by atoms with E-state index in [4.69, 9.17) is 0 Å². The van der Waals surface area contributed by atoms with Crippen molar-refractivity contribution in [1.29, 1.82) is 0 Å². The molecule has 0 aromatic heterocycles. The molecule has 1 N–H and O–H groups in total. The van der Waals surface area contributed by atoms with Gasteiger partial charge in [0, 0.05) is 30.3 Å². The van der Waals surface area contributed by atoms with E-state index in [-0.39, 0.29) is 41.6 Å². The number of halogens is 1. The molecule has 0 radical (unpaired) electrons. The van der Waals surface area contributed by atoms with Crippen LogP contribution in [-0.4, -0.2) is 34.2 Å². The number of nitro groups is 1. The molecule has 0 aliphatic carbocycles. The molecule has 2 aromatic rings. The number of amides is 2. The zero-order valence-corrected chi connectivity index (χ0v) is 17.3. The van der Waals surface area contributed by atoms with Crippen LogP contribution in [0.5, 0.6) is 0 Å². The molecule has 8 heteroatoms. The Morgan fingerprint density at radius 1 is 1.07 bits per heavy atom. The fourth-order valence-electron chi connectivity index (χ4n) is 2.95. The second-order valence-corrected chi connectivity index (χ2v) is 7.49. The molecule has 30 heavy (non-hydrogen) atoms. The van der Waals surface area contributed by atoms with E-state index < -0.39 is 22.7 Å². The fourth-order valence-corrected chi connectivity index (χ4v) is 2.95. The van der Waals surface area contributed by atoms with Gasteiger partial charge in [0.1, 0.15) is 11.9 Å². The molecule has 2 rings (SSSR count). The minimum absolute atomic E-state index is 0.123. The Morgan fingerprint density at radius 2 is 1.67 bits per heavy atom. The van der Waals surface area contributed by atoms with E-state index in [1.54, 1.807) is 25.1 Å². The van der Waals surface area contributed by atoms with Crippen molar-refractivity contribution < 1.29 is 18.9 Å². The van der Waals surface area contributed by atoms with Crippen LogP contribution in [0.25, 0.3) is 0 Å². The van der Waals surface area contributed by atoms with Gasteiger partial charge in [-0.25, -0.2) is 4.39 Å². The first kappa shape index (κ1) is 23.0. The third-order valence-corrected chi connectivity index (χ3v) is 4.68. The molecule has 1 atom stereocenters. The van der Waals surface area contributed by atoms with Crippen molar-refractivity contribution in [2.24, 2.45) is 5.92 Å². The Bertz CT molecular complexity index is 917. The first-order valence-electron chi connectivity index (χ1n) is 9.73. The SMILES string of the molecule is CC(C)CNC(=O)[C@@H](C)N(Cc1ccccc1F)C(=O)Cc1ccccc1[N+](=O)[O-]. The summed E-state index contributed by atoms with van der Waals surface area (Å²) in [5.74, 6) is -1.13. The van der Waals surface area contributed by atoms with Crippen molar-refractivity contribution >= 4 is 17.5 Å². The highest BCUT2D eigenvalue weighted by Crippen LogP contribution is 2.21. The van der Waals surface area contributed by atoms with Crippen LogP contribution < -0.4 is 5.32 Å². The van der Waals surface area contributed by atoms with Gasteiger partial charge in [-0.15, -0.1) is 0 Å². The summed E-state index contributed by atoms with van der Waals surface area (Å²) in [5, 5.41) is 14.0. The lowest BCUT2D eigenvalue weighted by molar-refractivity contribution is -0.385. The van der Waals surface area contributed by atoms with Gasteiger partial charge in [-0.3, -0.25) is 19.7 Å². The molecule has 0 heterocycles. The number of benzene rings is 2. The molecule has 0 saturated heterocycles. The third kappa shape index (κ3) is 6.10. The number of hydrogen-bond donors (Lipinski definition) is 1. The maximum absolute atomic E-state index is 14.2. The van der Waals surface area contributed by atoms with E-state index in [1.165, 1.54) is 35.2 Å². The normalized spacial score (nSPS) is 11.8. The summed E-state index contributed by atoms with van der Waals surface area (Å²) in [4.78, 5) is 37.6. The molecule has 0 spiro atoms. The van der Waals surface area contributed by atoms with Gasteiger partial charge < -0.3 is 10.2 Å². The summed E-state index contributed by atoms with van der Waals surface area (Å²) in [6, 6.07) is 11.1. The Labute approximate surface area is 175 Å². The van der Waals surface area contributed by atoms with E-state index in [9.17, 15) is 24.1 Å². The highest BCUT2D eigenvalue weighted by molar-refractivity contribution is 5.88. The molecule has 2 amide bonds. The number of rotatable bonds is 9. The van der Waals surface area contributed by atoms with Gasteiger partial charge >= 0.3 is 0 Å². The van der Waals surface area contributed by atoms with Gasteiger partial charge in [-0.1, -0.05) is 50.2 Å². The van der Waals surface area contributed by atoms with Gasteiger partial charge in [-0.05, 0) is 18.9 Å². The number of carbonyl (C=O) groups excluding carboxylic acids is 2. The minimum Gasteiger partial charge on any atom is -0.354 e. The van der Waals surface area contributed by atoms with Crippen molar-refractivity contribution in [1.82, 2.24) is 10.2 Å². The largest absolute Gasteiger partial charge is 0.354 e. The van der Waals surface area contributed by atoms with Gasteiger partial charge in [0.25, 0.3) is 5.69 Å². The van der Waals surface area contributed by atoms with Gasteiger partial charge in [-0.2, -0.15) is 0 Å². The minimum atomic E-state index is -0.876. The number of nitro benzene ring substituents is 1. The number of para-hydroxylation sites is 1. The summed E-state index contributed by atoms with van der Waals surface area (Å²) in [6.07, 6.45) is -0.270. The fraction of sp³-hybridized carbons (Fsp3) is 0.364. The zero-order valence-electron chi connectivity index (χ0n) is 17.3. The molecular formula is C22H26FN3O4. The van der Waals surface area contributed by atoms with Crippen LogP contribution in [0.4, 0.5) is 10.1 Å². The zero-order chi connectivity index (χ0) is 22.3. The van der Waals surface area contributed by atoms with Crippen LogP contribution in [0, 0.1) is 21.8 Å². The number of hydrogen-bond acceptors (Lipinski definition) is 4. The Morgan fingerprint density at radius 3 is 2.27 bits per heavy atom. The second kappa shape index (κ2) is 10.5. The summed E-state index contributed by atoms with van der Waals surface area (Å²) in [7, 11) is 0. The van der Waals surface area contributed by atoms with Gasteiger partial charge in [0.2, 0.25) is 11.8 Å². The average molecular weight is 415 g/mol. The predicted octanol–water partition coefficient (Wildman–Crippen LogP) is 3.47. The summed E-state index contributed by atoms with van der Waals surface area (Å²) < 4.78 is 14.2. The lowest BCUT2D eigenvalue weighted by Crippen LogP contribution is -2.48. The molecule has 7 nitrogen and oxygen atoms in total. The van der Waals surface area contributed by atoms with Crippen LogP contribution in [0.3, 0.4) is 0 Å². The van der Waals surface area contributed by atoms with Crippen LogP contribution in [0.15, 0.2) is 48.5 Å². The van der Waals surface area contributed by atoms with Gasteiger partial charge in [0.05, 0.1) is 11.3 Å². The van der Waals surface area contributed by atoms with Crippen LogP contribution >= 0.6 is 0 Å². The van der Waals surface area contributed by atoms with Crippen LogP contribution in [0.2, 0.25) is 0 Å². The van der Waals surface area contributed by atoms with Crippen molar-refractivity contribution in [2.45, 2.75) is 39.8 Å². The number of nitrogens with one attached hydrogen (secondary N) is 1. The monoisotopic (exact) mass is 415 g/mol. The molecule has 0 bridgehead atoms. The number of carbonyl (C=O) groups is 2. The molecule has 2 aromatic carbocycles. The van der Waals surface area contributed by atoms with Crippen molar-refractivity contribution in [3.8, 4) is 0 Å². The molecule has 0 aliphatic heterocycles. The standard InChI is InChI=1S/C22H26FN3O4/c1-15(2)13-24-22(28)16(3)25(14-18-9-4-6-10-19(18)23)21(27)12-17-8-5-7-11-20(17)26(29)30/h4-11,15-16H,12-14H2,1-3H3,(H,24,28)/t16-/m1/s1. The van der Waals surface area contributed by atoms with E-state index >= 15 is 0 Å².